The Balaban J connectivity index is 2.03. The summed E-state index contributed by atoms with van der Waals surface area (Å²) in [5.74, 6) is -0.378. The van der Waals surface area contributed by atoms with E-state index in [4.69, 9.17) is 5.26 Å². The number of nitriles is 1. The fraction of sp³-hybridized carbons (Fsp3) is 0.222. The molecule has 0 aliphatic carbocycles. The van der Waals surface area contributed by atoms with Crippen LogP contribution in [0, 0.1) is 11.3 Å². The SMILES string of the molecule is CCCCc1ccc(NC(=O)/C(C#N)=C/c2cccs2)cc1. The smallest absolute Gasteiger partial charge is 0.266 e. The quantitative estimate of drug-likeness (QED) is 0.624. The van der Waals surface area contributed by atoms with E-state index in [1.54, 1.807) is 6.08 Å². The Morgan fingerprint density at radius 2 is 2.09 bits per heavy atom. The van der Waals surface area contributed by atoms with Crippen molar-refractivity contribution in [2.75, 3.05) is 5.32 Å². The molecule has 1 aromatic heterocycles. The van der Waals surface area contributed by atoms with Gasteiger partial charge in [-0.3, -0.25) is 4.79 Å². The summed E-state index contributed by atoms with van der Waals surface area (Å²) in [5, 5.41) is 13.8. The number of carbonyl (C=O) groups is 1. The Morgan fingerprint density at radius 3 is 2.68 bits per heavy atom. The number of anilines is 1. The van der Waals surface area contributed by atoms with Gasteiger partial charge in [0.1, 0.15) is 11.6 Å². The summed E-state index contributed by atoms with van der Waals surface area (Å²) in [6, 6.07) is 13.5. The number of hydrogen-bond donors (Lipinski definition) is 1. The lowest BCUT2D eigenvalue weighted by Crippen LogP contribution is -2.13. The molecule has 0 fully saturated rings. The minimum absolute atomic E-state index is 0.109. The van der Waals surface area contributed by atoms with Crippen LogP contribution in [0.25, 0.3) is 6.08 Å². The van der Waals surface area contributed by atoms with Gasteiger partial charge >= 0.3 is 0 Å². The van der Waals surface area contributed by atoms with Crippen molar-refractivity contribution in [3.05, 3.63) is 57.8 Å². The molecule has 1 N–H and O–H groups in total. The Labute approximate surface area is 134 Å². The molecule has 4 heteroatoms. The van der Waals surface area contributed by atoms with Gasteiger partial charge in [-0.05, 0) is 48.1 Å². The van der Waals surface area contributed by atoms with Crippen LogP contribution in [0.2, 0.25) is 0 Å². The van der Waals surface area contributed by atoms with Crippen LogP contribution in [0.5, 0.6) is 0 Å². The molecule has 1 aromatic carbocycles. The van der Waals surface area contributed by atoms with Gasteiger partial charge in [-0.25, -0.2) is 0 Å². The molecule has 112 valence electrons. The van der Waals surface area contributed by atoms with Gasteiger partial charge in [0.2, 0.25) is 0 Å². The zero-order chi connectivity index (χ0) is 15.8. The highest BCUT2D eigenvalue weighted by molar-refractivity contribution is 7.10. The number of rotatable bonds is 6. The Morgan fingerprint density at radius 1 is 1.32 bits per heavy atom. The maximum absolute atomic E-state index is 12.1. The number of amides is 1. The fourth-order valence-electron chi connectivity index (χ4n) is 2.00. The van der Waals surface area contributed by atoms with Gasteiger partial charge in [-0.15, -0.1) is 11.3 Å². The number of nitrogens with one attached hydrogen (secondary N) is 1. The normalized spacial score (nSPS) is 11.0. The van der Waals surface area contributed by atoms with Gasteiger partial charge in [0, 0.05) is 10.6 Å². The van der Waals surface area contributed by atoms with Crippen molar-refractivity contribution in [1.82, 2.24) is 0 Å². The largest absolute Gasteiger partial charge is 0.321 e. The summed E-state index contributed by atoms with van der Waals surface area (Å²) in [4.78, 5) is 13.0. The number of unbranched alkanes of at least 4 members (excludes halogenated alkanes) is 1. The van der Waals surface area contributed by atoms with Gasteiger partial charge in [0.25, 0.3) is 5.91 Å². The van der Waals surface area contributed by atoms with Gasteiger partial charge < -0.3 is 5.32 Å². The summed E-state index contributed by atoms with van der Waals surface area (Å²) in [6.07, 6.45) is 4.98. The standard InChI is InChI=1S/C18H18N2OS/c1-2-3-5-14-7-9-16(10-8-14)20-18(21)15(13-19)12-17-6-4-11-22-17/h4,6-12H,2-3,5H2,1H3,(H,20,21)/b15-12+. The second-order valence-electron chi connectivity index (χ2n) is 4.94. The fourth-order valence-corrected chi connectivity index (χ4v) is 2.66. The Bertz CT molecular complexity index is 679. The van der Waals surface area contributed by atoms with Gasteiger partial charge in [-0.2, -0.15) is 5.26 Å². The number of benzene rings is 1. The molecule has 3 nitrogen and oxygen atoms in total. The molecule has 2 aromatic rings. The van der Waals surface area contributed by atoms with Gasteiger partial charge in [-0.1, -0.05) is 31.5 Å². The lowest BCUT2D eigenvalue weighted by atomic mass is 10.1. The van der Waals surface area contributed by atoms with Gasteiger partial charge in [0.15, 0.2) is 0 Å². The monoisotopic (exact) mass is 310 g/mol. The number of thiophene rings is 1. The molecule has 1 amide bonds. The summed E-state index contributed by atoms with van der Waals surface area (Å²) in [5.41, 5.74) is 2.07. The van der Waals surface area contributed by atoms with E-state index in [-0.39, 0.29) is 11.5 Å². The van der Waals surface area contributed by atoms with Crippen molar-refractivity contribution in [2.45, 2.75) is 26.2 Å². The third-order valence-electron chi connectivity index (χ3n) is 3.23. The number of carbonyl (C=O) groups excluding carboxylic acids is 1. The molecule has 0 radical (unpaired) electrons. The highest BCUT2D eigenvalue weighted by Crippen LogP contribution is 2.16. The minimum atomic E-state index is -0.378. The molecule has 0 saturated carbocycles. The molecule has 2 rings (SSSR count). The van der Waals surface area contributed by atoms with Crippen molar-refractivity contribution < 1.29 is 4.79 Å². The second kappa shape index (κ2) is 8.16. The van der Waals surface area contributed by atoms with Crippen molar-refractivity contribution in [3.63, 3.8) is 0 Å². The topological polar surface area (TPSA) is 52.9 Å². The van der Waals surface area contributed by atoms with Crippen LogP contribution in [0.1, 0.15) is 30.2 Å². The van der Waals surface area contributed by atoms with E-state index in [0.29, 0.717) is 5.69 Å². The molecule has 0 atom stereocenters. The average Bonchev–Trinajstić information content (AvgIpc) is 3.05. The molecule has 0 spiro atoms. The lowest BCUT2D eigenvalue weighted by molar-refractivity contribution is -0.112. The van der Waals surface area contributed by atoms with Crippen molar-refractivity contribution in [1.29, 1.82) is 5.26 Å². The summed E-state index contributed by atoms with van der Waals surface area (Å²) < 4.78 is 0. The van der Waals surface area contributed by atoms with Crippen molar-refractivity contribution >= 4 is 29.0 Å². The second-order valence-corrected chi connectivity index (χ2v) is 5.92. The summed E-state index contributed by atoms with van der Waals surface area (Å²) in [7, 11) is 0. The highest BCUT2D eigenvalue weighted by Gasteiger charge is 2.09. The van der Waals surface area contributed by atoms with Crippen LogP contribution >= 0.6 is 11.3 Å². The van der Waals surface area contributed by atoms with Crippen LogP contribution in [0.3, 0.4) is 0 Å². The van der Waals surface area contributed by atoms with E-state index in [0.717, 1.165) is 24.1 Å². The van der Waals surface area contributed by atoms with E-state index >= 15 is 0 Å². The van der Waals surface area contributed by atoms with Crippen LogP contribution in [-0.4, -0.2) is 5.91 Å². The van der Waals surface area contributed by atoms with E-state index in [9.17, 15) is 4.79 Å². The van der Waals surface area contributed by atoms with Crippen LogP contribution in [0.15, 0.2) is 47.4 Å². The maximum atomic E-state index is 12.1. The van der Waals surface area contributed by atoms with E-state index in [2.05, 4.69) is 12.2 Å². The number of nitrogens with zero attached hydrogens (tertiary/aromatic N) is 1. The molecule has 0 aliphatic heterocycles. The molecule has 1 heterocycles. The zero-order valence-electron chi connectivity index (χ0n) is 12.5. The minimum Gasteiger partial charge on any atom is -0.321 e. The molecule has 22 heavy (non-hydrogen) atoms. The first-order valence-electron chi connectivity index (χ1n) is 7.28. The molecule has 0 bridgehead atoms. The number of hydrogen-bond acceptors (Lipinski definition) is 3. The Hall–Kier alpha value is -2.38. The highest BCUT2D eigenvalue weighted by atomic mass is 32.1. The van der Waals surface area contributed by atoms with Crippen LogP contribution in [0.4, 0.5) is 5.69 Å². The van der Waals surface area contributed by atoms with Crippen LogP contribution in [-0.2, 0) is 11.2 Å². The van der Waals surface area contributed by atoms with E-state index in [1.165, 1.54) is 16.9 Å². The third kappa shape index (κ3) is 4.57. The van der Waals surface area contributed by atoms with Crippen LogP contribution < -0.4 is 5.32 Å². The molecule has 0 saturated heterocycles. The number of aryl methyl sites for hydroxylation is 1. The van der Waals surface area contributed by atoms with E-state index in [1.807, 2.05) is 47.8 Å². The molecule has 0 unspecified atom stereocenters. The molecular formula is C18H18N2OS. The maximum Gasteiger partial charge on any atom is 0.266 e. The predicted octanol–water partition coefficient (Wildman–Crippen LogP) is 4.64. The first kappa shape index (κ1) is 16.0. The molecular weight excluding hydrogens is 292 g/mol. The molecule has 0 aliphatic rings. The lowest BCUT2D eigenvalue weighted by Gasteiger charge is -2.06. The first-order valence-corrected chi connectivity index (χ1v) is 8.16. The summed E-state index contributed by atoms with van der Waals surface area (Å²) in [6.45, 7) is 2.16. The first-order chi connectivity index (χ1) is 10.7. The van der Waals surface area contributed by atoms with Crippen molar-refractivity contribution in [2.24, 2.45) is 0 Å². The summed E-state index contributed by atoms with van der Waals surface area (Å²) >= 11 is 1.49. The predicted molar refractivity (Wildman–Crippen MR) is 91.6 cm³/mol. The van der Waals surface area contributed by atoms with Crippen molar-refractivity contribution in [3.8, 4) is 6.07 Å². The Kier molecular flexibility index (Phi) is 5.93. The zero-order valence-corrected chi connectivity index (χ0v) is 13.3. The third-order valence-corrected chi connectivity index (χ3v) is 4.04. The average molecular weight is 310 g/mol. The van der Waals surface area contributed by atoms with E-state index < -0.39 is 0 Å². The van der Waals surface area contributed by atoms with Gasteiger partial charge in [0.05, 0.1) is 0 Å².